The molecular formula is C21H20IN3O2. The van der Waals surface area contributed by atoms with Crippen LogP contribution in [0.5, 0.6) is 0 Å². The number of nitrogens with zero attached hydrogens (tertiary/aromatic N) is 1. The van der Waals surface area contributed by atoms with Gasteiger partial charge in [-0.2, -0.15) is 0 Å². The van der Waals surface area contributed by atoms with Gasteiger partial charge in [0.1, 0.15) is 0 Å². The maximum atomic E-state index is 12.3. The highest BCUT2D eigenvalue weighted by atomic mass is 127. The summed E-state index contributed by atoms with van der Waals surface area (Å²) in [6.07, 6.45) is 4.25. The van der Waals surface area contributed by atoms with Gasteiger partial charge in [-0.3, -0.25) is 19.8 Å². The lowest BCUT2D eigenvalue weighted by Gasteiger charge is -2.19. The molecule has 2 aliphatic rings. The van der Waals surface area contributed by atoms with Crippen molar-refractivity contribution in [2.75, 3.05) is 18.4 Å². The van der Waals surface area contributed by atoms with Crippen LogP contribution in [0.4, 0.5) is 5.69 Å². The third-order valence-electron chi connectivity index (χ3n) is 4.93. The molecule has 2 amide bonds. The number of halogens is 1. The van der Waals surface area contributed by atoms with Crippen LogP contribution in [-0.2, 0) is 11.3 Å². The van der Waals surface area contributed by atoms with Crippen molar-refractivity contribution in [3.63, 3.8) is 0 Å². The Kier molecular flexibility index (Phi) is 5.27. The van der Waals surface area contributed by atoms with Crippen LogP contribution in [0.15, 0.2) is 48.7 Å². The fourth-order valence-electron chi connectivity index (χ4n) is 3.50. The van der Waals surface area contributed by atoms with Crippen LogP contribution < -0.4 is 10.6 Å². The van der Waals surface area contributed by atoms with Crippen LogP contribution in [0.2, 0.25) is 0 Å². The number of likely N-dealkylation sites (tertiary alicyclic amines) is 1. The fraction of sp³-hybridized carbons (Fsp3) is 0.238. The summed E-state index contributed by atoms with van der Waals surface area (Å²) in [4.78, 5) is 26.8. The first-order valence-electron chi connectivity index (χ1n) is 9.04. The van der Waals surface area contributed by atoms with Crippen molar-refractivity contribution in [3.05, 3.63) is 68.9 Å². The molecule has 6 heteroatoms. The van der Waals surface area contributed by atoms with E-state index in [1.807, 2.05) is 24.3 Å². The van der Waals surface area contributed by atoms with Gasteiger partial charge >= 0.3 is 0 Å². The molecule has 27 heavy (non-hydrogen) atoms. The highest BCUT2D eigenvalue weighted by Gasteiger charge is 2.27. The number of anilines is 1. The zero-order valence-electron chi connectivity index (χ0n) is 14.8. The molecule has 4 rings (SSSR count). The van der Waals surface area contributed by atoms with Crippen LogP contribution in [0.1, 0.15) is 34.3 Å². The molecule has 0 aromatic heterocycles. The Bertz CT molecular complexity index is 916. The van der Waals surface area contributed by atoms with Crippen LogP contribution >= 0.6 is 22.6 Å². The van der Waals surface area contributed by atoms with Crippen molar-refractivity contribution in [2.45, 2.75) is 19.4 Å². The number of hydrogen-bond donors (Lipinski definition) is 2. The Labute approximate surface area is 172 Å². The molecule has 2 heterocycles. The van der Waals surface area contributed by atoms with Gasteiger partial charge in [-0.15, -0.1) is 0 Å². The fourth-order valence-corrected chi connectivity index (χ4v) is 3.99. The molecule has 0 saturated carbocycles. The van der Waals surface area contributed by atoms with Crippen molar-refractivity contribution < 1.29 is 9.59 Å². The smallest absolute Gasteiger partial charge is 0.260 e. The summed E-state index contributed by atoms with van der Waals surface area (Å²) in [6.45, 7) is 3.34. The maximum Gasteiger partial charge on any atom is 0.260 e. The van der Waals surface area contributed by atoms with E-state index in [-0.39, 0.29) is 11.8 Å². The van der Waals surface area contributed by atoms with Crippen LogP contribution in [0.3, 0.4) is 0 Å². The molecule has 0 radical (unpaired) electrons. The lowest BCUT2D eigenvalue weighted by molar-refractivity contribution is -0.114. The lowest BCUT2D eigenvalue weighted by Crippen LogP contribution is -2.36. The third-order valence-corrected chi connectivity index (χ3v) is 5.60. The summed E-state index contributed by atoms with van der Waals surface area (Å²) < 4.78 is 0.978. The summed E-state index contributed by atoms with van der Waals surface area (Å²) in [7, 11) is 0. The van der Waals surface area contributed by atoms with E-state index < -0.39 is 0 Å². The highest BCUT2D eigenvalue weighted by molar-refractivity contribution is 14.1. The SMILES string of the molecule is O=C1NC(=O)c2ccc(I)cc2/C1=C/Nc1ccc(CN2CCCC2)cc1. The number of rotatable bonds is 4. The molecule has 138 valence electrons. The number of hydrogen-bond acceptors (Lipinski definition) is 4. The second kappa shape index (κ2) is 7.82. The number of fused-ring (bicyclic) bond motifs is 1. The molecule has 2 N–H and O–H groups in total. The van der Waals surface area contributed by atoms with E-state index in [9.17, 15) is 9.59 Å². The second-order valence-corrected chi connectivity index (χ2v) is 8.10. The first-order chi connectivity index (χ1) is 13.1. The lowest BCUT2D eigenvalue weighted by atomic mass is 9.95. The average molecular weight is 473 g/mol. The highest BCUT2D eigenvalue weighted by Crippen LogP contribution is 2.26. The summed E-state index contributed by atoms with van der Waals surface area (Å²) in [5.41, 5.74) is 3.84. The van der Waals surface area contributed by atoms with Crippen molar-refractivity contribution in [2.24, 2.45) is 0 Å². The minimum absolute atomic E-state index is 0.352. The van der Waals surface area contributed by atoms with Gasteiger partial charge in [0.15, 0.2) is 0 Å². The summed E-state index contributed by atoms with van der Waals surface area (Å²) in [6, 6.07) is 13.7. The van der Waals surface area contributed by atoms with Crippen molar-refractivity contribution in [1.29, 1.82) is 0 Å². The van der Waals surface area contributed by atoms with Gasteiger partial charge in [-0.1, -0.05) is 12.1 Å². The van der Waals surface area contributed by atoms with E-state index in [2.05, 4.69) is 50.3 Å². The van der Waals surface area contributed by atoms with E-state index in [0.29, 0.717) is 16.7 Å². The van der Waals surface area contributed by atoms with Gasteiger partial charge < -0.3 is 5.32 Å². The average Bonchev–Trinajstić information content (AvgIpc) is 3.15. The first kappa shape index (κ1) is 18.2. The molecule has 1 saturated heterocycles. The molecule has 1 fully saturated rings. The Hall–Kier alpha value is -2.19. The Balaban J connectivity index is 1.52. The zero-order chi connectivity index (χ0) is 18.8. The third kappa shape index (κ3) is 4.06. The quantitative estimate of drug-likeness (QED) is 0.405. The number of amides is 2. The van der Waals surface area contributed by atoms with Gasteiger partial charge in [0.2, 0.25) is 0 Å². The van der Waals surface area contributed by atoms with E-state index in [4.69, 9.17) is 0 Å². The minimum atomic E-state index is -0.382. The van der Waals surface area contributed by atoms with Crippen LogP contribution in [0.25, 0.3) is 5.57 Å². The number of nitrogens with one attached hydrogen (secondary N) is 2. The summed E-state index contributed by atoms with van der Waals surface area (Å²) in [5, 5.41) is 5.59. The number of carbonyl (C=O) groups is 2. The van der Waals surface area contributed by atoms with E-state index in [0.717, 1.165) is 15.8 Å². The number of benzene rings is 2. The molecule has 0 atom stereocenters. The van der Waals surface area contributed by atoms with Gasteiger partial charge in [-0.05, 0) is 84.4 Å². The van der Waals surface area contributed by atoms with Gasteiger partial charge in [-0.25, -0.2) is 0 Å². The van der Waals surface area contributed by atoms with E-state index in [1.165, 1.54) is 31.5 Å². The molecular weight excluding hydrogens is 453 g/mol. The Morgan fingerprint density at radius 3 is 2.48 bits per heavy atom. The molecule has 0 aliphatic carbocycles. The van der Waals surface area contributed by atoms with Crippen molar-refractivity contribution in [3.8, 4) is 0 Å². The monoisotopic (exact) mass is 473 g/mol. The largest absolute Gasteiger partial charge is 0.361 e. The molecule has 0 spiro atoms. The standard InChI is InChI=1S/C21H20IN3O2/c22-15-5-8-17-18(11-15)19(21(27)24-20(17)26)12-23-16-6-3-14(4-7-16)13-25-9-1-2-10-25/h3-8,11-12,23H,1-2,9-10,13H2,(H,24,26,27)/b19-12-. The zero-order valence-corrected chi connectivity index (χ0v) is 17.0. The maximum absolute atomic E-state index is 12.3. The number of carbonyl (C=O) groups excluding carboxylic acids is 2. The molecule has 2 aromatic rings. The van der Waals surface area contributed by atoms with E-state index in [1.54, 1.807) is 12.3 Å². The van der Waals surface area contributed by atoms with Crippen molar-refractivity contribution >= 4 is 45.7 Å². The molecule has 2 aliphatic heterocycles. The van der Waals surface area contributed by atoms with Gasteiger partial charge in [0.25, 0.3) is 11.8 Å². The van der Waals surface area contributed by atoms with Crippen LogP contribution in [0, 0.1) is 3.57 Å². The Morgan fingerprint density at radius 1 is 1.00 bits per heavy atom. The molecule has 0 bridgehead atoms. The van der Waals surface area contributed by atoms with Gasteiger partial charge in [0, 0.05) is 33.1 Å². The predicted molar refractivity (Wildman–Crippen MR) is 114 cm³/mol. The topological polar surface area (TPSA) is 61.4 Å². The predicted octanol–water partition coefficient (Wildman–Crippen LogP) is 3.61. The van der Waals surface area contributed by atoms with Gasteiger partial charge in [0.05, 0.1) is 5.57 Å². The molecule has 0 unspecified atom stereocenters. The Morgan fingerprint density at radius 2 is 1.74 bits per heavy atom. The number of imide groups is 1. The van der Waals surface area contributed by atoms with Crippen LogP contribution in [-0.4, -0.2) is 29.8 Å². The van der Waals surface area contributed by atoms with Crippen molar-refractivity contribution in [1.82, 2.24) is 10.2 Å². The molecule has 5 nitrogen and oxygen atoms in total. The summed E-state index contributed by atoms with van der Waals surface area (Å²) in [5.74, 6) is -0.734. The summed E-state index contributed by atoms with van der Waals surface area (Å²) >= 11 is 2.18. The van der Waals surface area contributed by atoms with E-state index >= 15 is 0 Å². The first-order valence-corrected chi connectivity index (χ1v) is 10.1. The minimum Gasteiger partial charge on any atom is -0.361 e. The second-order valence-electron chi connectivity index (χ2n) is 6.86. The molecule has 2 aromatic carbocycles. The normalized spacial score (nSPS) is 18.5.